The van der Waals surface area contributed by atoms with Gasteiger partial charge in [-0.25, -0.2) is 4.79 Å². The van der Waals surface area contributed by atoms with E-state index in [4.69, 9.17) is 18.6 Å². The number of ether oxygens (including phenoxy) is 4. The van der Waals surface area contributed by atoms with Crippen LogP contribution in [0.2, 0.25) is 0 Å². The zero-order chi connectivity index (χ0) is 22.7. The second kappa shape index (κ2) is 9.20. The largest absolute Gasteiger partial charge is 0.493 e. The average Bonchev–Trinajstić information content (AvgIpc) is 3.07. The van der Waals surface area contributed by atoms with Crippen molar-refractivity contribution < 1.29 is 41.7 Å². The number of carbonyl (C=O) groups excluding carboxylic acids is 2. The lowest BCUT2D eigenvalue weighted by Crippen LogP contribution is -2.13. The van der Waals surface area contributed by atoms with E-state index in [1.165, 1.54) is 26.4 Å². The van der Waals surface area contributed by atoms with Crippen molar-refractivity contribution >= 4 is 17.8 Å². The van der Waals surface area contributed by atoms with E-state index in [0.717, 1.165) is 0 Å². The summed E-state index contributed by atoms with van der Waals surface area (Å²) in [5.74, 6) is -0.569. The Morgan fingerprint density at radius 1 is 1.19 bits per heavy atom. The van der Waals surface area contributed by atoms with Crippen LogP contribution in [0.5, 0.6) is 17.2 Å². The van der Waals surface area contributed by atoms with Gasteiger partial charge in [0.2, 0.25) is 11.5 Å². The zero-order valence-electron chi connectivity index (χ0n) is 17.5. The lowest BCUT2D eigenvalue weighted by Gasteiger charge is -2.16. The van der Waals surface area contributed by atoms with Gasteiger partial charge in [0, 0.05) is 17.6 Å². The van der Waals surface area contributed by atoms with Gasteiger partial charge in [-0.05, 0) is 44.0 Å². The highest BCUT2D eigenvalue weighted by Crippen LogP contribution is 2.41. The number of allylic oxidation sites excluding steroid dienone is 1. The third-order valence-corrected chi connectivity index (χ3v) is 4.85. The molecule has 0 spiro atoms. The molecule has 1 aromatic heterocycles. The molecular weight excluding hydrogens is 414 g/mol. The number of furan rings is 1. The van der Waals surface area contributed by atoms with Crippen molar-refractivity contribution in [1.82, 2.24) is 0 Å². The smallest absolute Gasteiger partial charge is 0.387 e. The number of hydrogen-bond acceptors (Lipinski definition) is 7. The molecule has 1 aliphatic carbocycles. The van der Waals surface area contributed by atoms with Gasteiger partial charge in [-0.1, -0.05) is 0 Å². The predicted molar refractivity (Wildman–Crippen MR) is 106 cm³/mol. The number of fused-ring (bicyclic) bond motifs is 1. The van der Waals surface area contributed by atoms with Crippen LogP contribution in [-0.2, 0) is 11.2 Å². The van der Waals surface area contributed by atoms with Gasteiger partial charge >= 0.3 is 12.6 Å². The third kappa shape index (κ3) is 4.40. The SMILES string of the molecule is CCOC(=O)c1oc2c(c1C)C(=O)C(=Cc1cc(OC)c(OC(F)F)c(OC)c1)CC2. The summed E-state index contributed by atoms with van der Waals surface area (Å²) in [6.07, 6.45) is 2.42. The highest BCUT2D eigenvalue weighted by Gasteiger charge is 2.32. The maximum absolute atomic E-state index is 13.1. The summed E-state index contributed by atoms with van der Waals surface area (Å²) in [5, 5.41) is 0. The molecule has 0 radical (unpaired) electrons. The second-order valence-corrected chi connectivity index (χ2v) is 6.71. The Kier molecular flexibility index (Phi) is 6.62. The number of aryl methyl sites for hydroxylation is 1. The van der Waals surface area contributed by atoms with E-state index in [9.17, 15) is 18.4 Å². The molecule has 166 valence electrons. The molecule has 0 atom stereocenters. The van der Waals surface area contributed by atoms with Crippen LogP contribution in [0.3, 0.4) is 0 Å². The fourth-order valence-electron chi connectivity index (χ4n) is 3.49. The van der Waals surface area contributed by atoms with Crippen molar-refractivity contribution in [3.05, 3.63) is 45.9 Å². The molecule has 31 heavy (non-hydrogen) atoms. The number of Topliss-reactive ketones (excluding diaryl/α,β-unsaturated/α-hetero) is 1. The third-order valence-electron chi connectivity index (χ3n) is 4.85. The van der Waals surface area contributed by atoms with Gasteiger partial charge in [-0.15, -0.1) is 0 Å². The average molecular weight is 436 g/mol. The first-order chi connectivity index (χ1) is 14.8. The first-order valence-electron chi connectivity index (χ1n) is 9.56. The van der Waals surface area contributed by atoms with E-state index >= 15 is 0 Å². The fourth-order valence-corrected chi connectivity index (χ4v) is 3.49. The lowest BCUT2D eigenvalue weighted by atomic mass is 9.88. The molecule has 0 N–H and O–H groups in total. The highest BCUT2D eigenvalue weighted by molar-refractivity contribution is 6.14. The second-order valence-electron chi connectivity index (χ2n) is 6.71. The van der Waals surface area contributed by atoms with E-state index < -0.39 is 12.6 Å². The number of esters is 1. The van der Waals surface area contributed by atoms with Crippen LogP contribution < -0.4 is 14.2 Å². The molecule has 1 heterocycles. The molecule has 1 aliphatic rings. The van der Waals surface area contributed by atoms with E-state index in [1.54, 1.807) is 19.9 Å². The van der Waals surface area contributed by atoms with Gasteiger partial charge in [0.05, 0.1) is 26.4 Å². The highest BCUT2D eigenvalue weighted by atomic mass is 19.3. The Bertz CT molecular complexity index is 1010. The predicted octanol–water partition coefficient (Wildman–Crippen LogP) is 4.60. The Morgan fingerprint density at radius 3 is 2.39 bits per heavy atom. The van der Waals surface area contributed by atoms with Crippen LogP contribution in [0.25, 0.3) is 6.08 Å². The summed E-state index contributed by atoms with van der Waals surface area (Å²) in [6, 6.07) is 2.95. The van der Waals surface area contributed by atoms with Crippen LogP contribution in [0.1, 0.15) is 51.1 Å². The molecule has 7 nitrogen and oxygen atoms in total. The topological polar surface area (TPSA) is 84.2 Å². The summed E-state index contributed by atoms with van der Waals surface area (Å²) < 4.78 is 50.9. The van der Waals surface area contributed by atoms with E-state index in [2.05, 4.69) is 4.74 Å². The van der Waals surface area contributed by atoms with Crippen LogP contribution >= 0.6 is 0 Å². The summed E-state index contributed by atoms with van der Waals surface area (Å²) >= 11 is 0. The van der Waals surface area contributed by atoms with Crippen LogP contribution in [0, 0.1) is 6.92 Å². The molecule has 3 rings (SSSR count). The molecule has 9 heteroatoms. The van der Waals surface area contributed by atoms with Gasteiger partial charge in [0.15, 0.2) is 17.3 Å². The Balaban J connectivity index is 1.99. The molecule has 0 aliphatic heterocycles. The zero-order valence-corrected chi connectivity index (χ0v) is 17.5. The van der Waals surface area contributed by atoms with Gasteiger partial charge in [0.25, 0.3) is 0 Å². The fraction of sp³-hybridized carbons (Fsp3) is 0.364. The van der Waals surface area contributed by atoms with Crippen LogP contribution in [-0.4, -0.2) is 39.2 Å². The Morgan fingerprint density at radius 2 is 1.84 bits per heavy atom. The molecule has 0 amide bonds. The van der Waals surface area contributed by atoms with Gasteiger partial charge in [0.1, 0.15) is 5.76 Å². The number of ketones is 1. The quantitative estimate of drug-likeness (QED) is 0.463. The van der Waals surface area contributed by atoms with Crippen LogP contribution in [0.15, 0.2) is 22.1 Å². The molecule has 0 saturated heterocycles. The minimum Gasteiger partial charge on any atom is -0.493 e. The standard InChI is InChI=1S/C22H22F2O7/c1-5-29-21(26)19-11(2)17-14(30-19)7-6-13(18(17)25)8-12-9-15(27-3)20(31-22(23)24)16(10-12)28-4/h8-10,22H,5-7H2,1-4H3. The normalized spacial score (nSPS) is 14.5. The number of rotatable bonds is 7. The van der Waals surface area contributed by atoms with Crippen molar-refractivity contribution in [3.8, 4) is 17.2 Å². The number of halogens is 2. The first kappa shape index (κ1) is 22.3. The number of alkyl halides is 2. The van der Waals surface area contributed by atoms with Crippen LogP contribution in [0.4, 0.5) is 8.78 Å². The summed E-state index contributed by atoms with van der Waals surface area (Å²) in [5.41, 5.74) is 1.75. The van der Waals surface area contributed by atoms with Crippen molar-refractivity contribution in [2.75, 3.05) is 20.8 Å². The minimum absolute atomic E-state index is 0.0262. The minimum atomic E-state index is -3.05. The molecule has 0 unspecified atom stereocenters. The number of benzene rings is 1. The maximum Gasteiger partial charge on any atom is 0.387 e. The van der Waals surface area contributed by atoms with Gasteiger partial charge in [-0.2, -0.15) is 8.78 Å². The monoisotopic (exact) mass is 436 g/mol. The van der Waals surface area contributed by atoms with Gasteiger partial charge < -0.3 is 23.4 Å². The molecule has 1 aromatic carbocycles. The molecule has 0 saturated carbocycles. The van der Waals surface area contributed by atoms with E-state index in [1.807, 2.05) is 0 Å². The van der Waals surface area contributed by atoms with Gasteiger partial charge in [-0.3, -0.25) is 4.79 Å². The number of hydrogen-bond donors (Lipinski definition) is 0. The van der Waals surface area contributed by atoms with Crippen molar-refractivity contribution in [1.29, 1.82) is 0 Å². The summed E-state index contributed by atoms with van der Waals surface area (Å²) in [7, 11) is 2.63. The summed E-state index contributed by atoms with van der Waals surface area (Å²) in [6.45, 7) is 0.459. The molecule has 0 bridgehead atoms. The van der Waals surface area contributed by atoms with Crippen molar-refractivity contribution in [3.63, 3.8) is 0 Å². The first-order valence-corrected chi connectivity index (χ1v) is 9.56. The van der Waals surface area contributed by atoms with Crippen molar-refractivity contribution in [2.24, 2.45) is 0 Å². The Labute approximate surface area is 177 Å². The Hall–Kier alpha value is -3.36. The van der Waals surface area contributed by atoms with Crippen molar-refractivity contribution in [2.45, 2.75) is 33.3 Å². The number of methoxy groups -OCH3 is 2. The summed E-state index contributed by atoms with van der Waals surface area (Å²) in [4.78, 5) is 25.2. The maximum atomic E-state index is 13.1. The molecule has 0 fully saturated rings. The van der Waals surface area contributed by atoms with E-state index in [-0.39, 0.29) is 35.4 Å². The molecule has 2 aromatic rings. The van der Waals surface area contributed by atoms with E-state index in [0.29, 0.717) is 40.9 Å². The molecular formula is C22H22F2O7. The number of carbonyl (C=O) groups is 2. The lowest BCUT2D eigenvalue weighted by molar-refractivity contribution is -0.0526.